The number of rotatable bonds is 6. The van der Waals surface area contributed by atoms with E-state index < -0.39 is 17.7 Å². The summed E-state index contributed by atoms with van der Waals surface area (Å²) in [6.45, 7) is 0. The summed E-state index contributed by atoms with van der Waals surface area (Å²) in [5.74, 6) is -0.0207. The Morgan fingerprint density at radius 1 is 0.781 bits per heavy atom. The maximum Gasteiger partial charge on any atom is 0.266 e. The van der Waals surface area contributed by atoms with Crippen LogP contribution in [0.1, 0.15) is 31.1 Å². The summed E-state index contributed by atoms with van der Waals surface area (Å²) >= 11 is 0. The fraction of sp³-hybridized carbons (Fsp3) is 0.125. The summed E-state index contributed by atoms with van der Waals surface area (Å²) < 4.78 is 15.8. The molecule has 0 atom stereocenters. The van der Waals surface area contributed by atoms with E-state index in [0.717, 1.165) is 4.90 Å². The molecule has 0 unspecified atom stereocenters. The average Bonchev–Trinajstić information content (AvgIpc) is 3.08. The van der Waals surface area contributed by atoms with Crippen LogP contribution in [0.4, 0.5) is 11.4 Å². The number of hydrogen-bond acceptors (Lipinski definition) is 6. The Morgan fingerprint density at radius 3 is 1.91 bits per heavy atom. The molecule has 0 bridgehead atoms. The van der Waals surface area contributed by atoms with Gasteiger partial charge >= 0.3 is 0 Å². The molecule has 162 valence electrons. The second-order valence-electron chi connectivity index (χ2n) is 6.93. The van der Waals surface area contributed by atoms with E-state index >= 15 is 0 Å². The molecular formula is C24H20N2O6. The highest BCUT2D eigenvalue weighted by Gasteiger charge is 2.37. The van der Waals surface area contributed by atoms with Gasteiger partial charge in [0.05, 0.1) is 38.1 Å². The minimum Gasteiger partial charge on any atom is -0.497 e. The van der Waals surface area contributed by atoms with Crippen molar-refractivity contribution in [1.82, 2.24) is 0 Å². The van der Waals surface area contributed by atoms with Gasteiger partial charge in [0.2, 0.25) is 0 Å². The van der Waals surface area contributed by atoms with Gasteiger partial charge in [-0.1, -0.05) is 12.1 Å². The number of benzene rings is 3. The van der Waals surface area contributed by atoms with Gasteiger partial charge in [-0.3, -0.25) is 14.4 Å². The molecule has 1 N–H and O–H groups in total. The molecule has 1 heterocycles. The van der Waals surface area contributed by atoms with Crippen LogP contribution in [0.5, 0.6) is 17.2 Å². The molecule has 0 saturated carbocycles. The Balaban J connectivity index is 1.62. The Labute approximate surface area is 184 Å². The summed E-state index contributed by atoms with van der Waals surface area (Å²) in [5.41, 5.74) is 1.73. The smallest absolute Gasteiger partial charge is 0.266 e. The van der Waals surface area contributed by atoms with Crippen LogP contribution >= 0.6 is 0 Å². The molecule has 4 rings (SSSR count). The molecule has 0 radical (unpaired) electrons. The minimum atomic E-state index is -0.427. The largest absolute Gasteiger partial charge is 0.497 e. The lowest BCUT2D eigenvalue weighted by atomic mass is 10.1. The van der Waals surface area contributed by atoms with Crippen molar-refractivity contribution in [1.29, 1.82) is 0 Å². The Hall–Kier alpha value is -4.33. The molecule has 0 fully saturated rings. The van der Waals surface area contributed by atoms with Gasteiger partial charge in [-0.05, 0) is 36.4 Å². The van der Waals surface area contributed by atoms with Crippen LogP contribution in [-0.4, -0.2) is 39.1 Å². The number of carbonyl (C=O) groups excluding carboxylic acids is 3. The highest BCUT2D eigenvalue weighted by molar-refractivity contribution is 6.34. The number of nitrogens with zero attached hydrogens (tertiary/aromatic N) is 1. The van der Waals surface area contributed by atoms with Gasteiger partial charge in [0.25, 0.3) is 17.7 Å². The van der Waals surface area contributed by atoms with Crippen molar-refractivity contribution in [2.75, 3.05) is 31.5 Å². The van der Waals surface area contributed by atoms with Gasteiger partial charge in [-0.15, -0.1) is 0 Å². The molecule has 0 aromatic heterocycles. The van der Waals surface area contributed by atoms with E-state index in [1.54, 1.807) is 60.7 Å². The monoisotopic (exact) mass is 432 g/mol. The third-order valence-electron chi connectivity index (χ3n) is 5.09. The van der Waals surface area contributed by atoms with Crippen molar-refractivity contribution < 1.29 is 28.6 Å². The van der Waals surface area contributed by atoms with E-state index in [2.05, 4.69) is 5.32 Å². The normalized spacial score (nSPS) is 12.4. The Kier molecular flexibility index (Phi) is 5.51. The number of imide groups is 1. The summed E-state index contributed by atoms with van der Waals surface area (Å²) in [7, 11) is 4.42. The molecule has 0 saturated heterocycles. The lowest BCUT2D eigenvalue weighted by Gasteiger charge is -2.18. The number of hydrogen-bond donors (Lipinski definition) is 1. The zero-order valence-electron chi connectivity index (χ0n) is 17.7. The standard InChI is InChI=1S/C24H20N2O6/c1-30-16-10-14(11-17(13-16)31-2)22(27)25-15-8-9-20(21(12-15)32-3)26-23(28)18-6-4-5-7-19(18)24(26)29/h4-13H,1-3H3,(H,25,27). The highest BCUT2D eigenvalue weighted by atomic mass is 16.5. The third kappa shape index (κ3) is 3.62. The van der Waals surface area contributed by atoms with E-state index in [4.69, 9.17) is 14.2 Å². The number of ether oxygens (including phenoxy) is 3. The lowest BCUT2D eigenvalue weighted by molar-refractivity contribution is 0.0923. The lowest BCUT2D eigenvalue weighted by Crippen LogP contribution is -2.29. The molecule has 3 aromatic carbocycles. The first-order chi connectivity index (χ1) is 15.5. The van der Waals surface area contributed by atoms with Crippen molar-refractivity contribution in [3.05, 3.63) is 77.4 Å². The first kappa shape index (κ1) is 20.9. The number of amides is 3. The number of fused-ring (bicyclic) bond motifs is 1. The summed E-state index contributed by atoms with van der Waals surface area (Å²) in [6.07, 6.45) is 0. The maximum absolute atomic E-state index is 12.8. The van der Waals surface area contributed by atoms with E-state index in [-0.39, 0.29) is 5.75 Å². The molecule has 8 nitrogen and oxygen atoms in total. The van der Waals surface area contributed by atoms with Crippen LogP contribution in [0.3, 0.4) is 0 Å². The predicted molar refractivity (Wildman–Crippen MR) is 118 cm³/mol. The van der Waals surface area contributed by atoms with Gasteiger partial charge in [0.1, 0.15) is 17.2 Å². The van der Waals surface area contributed by atoms with Crippen LogP contribution < -0.4 is 24.4 Å². The second-order valence-corrected chi connectivity index (χ2v) is 6.93. The predicted octanol–water partition coefficient (Wildman–Crippen LogP) is 3.77. The molecular weight excluding hydrogens is 412 g/mol. The van der Waals surface area contributed by atoms with Crippen molar-refractivity contribution in [3.63, 3.8) is 0 Å². The third-order valence-corrected chi connectivity index (χ3v) is 5.09. The highest BCUT2D eigenvalue weighted by Crippen LogP contribution is 2.36. The van der Waals surface area contributed by atoms with Gasteiger partial charge < -0.3 is 19.5 Å². The van der Waals surface area contributed by atoms with Gasteiger partial charge in [0.15, 0.2) is 0 Å². The number of nitrogens with one attached hydrogen (secondary N) is 1. The first-order valence-electron chi connectivity index (χ1n) is 9.67. The van der Waals surface area contributed by atoms with Crippen molar-refractivity contribution in [2.45, 2.75) is 0 Å². The van der Waals surface area contributed by atoms with E-state index in [0.29, 0.717) is 39.6 Å². The Bertz CT molecular complexity index is 1180. The summed E-state index contributed by atoms with van der Waals surface area (Å²) in [5, 5.41) is 2.77. The molecule has 1 aliphatic heterocycles. The molecule has 0 spiro atoms. The van der Waals surface area contributed by atoms with Gasteiger partial charge in [0, 0.05) is 23.4 Å². The van der Waals surface area contributed by atoms with E-state index in [1.165, 1.54) is 21.3 Å². The average molecular weight is 432 g/mol. The van der Waals surface area contributed by atoms with Gasteiger partial charge in [-0.25, -0.2) is 4.90 Å². The fourth-order valence-electron chi connectivity index (χ4n) is 3.49. The molecule has 8 heteroatoms. The molecule has 32 heavy (non-hydrogen) atoms. The van der Waals surface area contributed by atoms with E-state index in [1.807, 2.05) is 0 Å². The summed E-state index contributed by atoms with van der Waals surface area (Å²) in [6, 6.07) is 16.2. The molecule has 3 aromatic rings. The van der Waals surface area contributed by atoms with Crippen molar-refractivity contribution in [2.24, 2.45) is 0 Å². The fourth-order valence-corrected chi connectivity index (χ4v) is 3.49. The topological polar surface area (TPSA) is 94.2 Å². The van der Waals surface area contributed by atoms with Crippen LogP contribution in [0.15, 0.2) is 60.7 Å². The zero-order valence-corrected chi connectivity index (χ0v) is 17.7. The minimum absolute atomic E-state index is 0.264. The van der Waals surface area contributed by atoms with Crippen LogP contribution in [0.25, 0.3) is 0 Å². The Morgan fingerprint density at radius 2 is 1.38 bits per heavy atom. The van der Waals surface area contributed by atoms with Crippen LogP contribution in [-0.2, 0) is 0 Å². The molecule has 3 amide bonds. The number of anilines is 2. The quantitative estimate of drug-likeness (QED) is 0.596. The number of carbonyl (C=O) groups is 3. The molecule has 1 aliphatic rings. The van der Waals surface area contributed by atoms with Crippen LogP contribution in [0, 0.1) is 0 Å². The second kappa shape index (κ2) is 8.43. The summed E-state index contributed by atoms with van der Waals surface area (Å²) in [4.78, 5) is 39.4. The SMILES string of the molecule is COc1cc(OC)cc(C(=O)Nc2ccc(N3C(=O)c4ccccc4C3=O)c(OC)c2)c1. The number of methoxy groups -OCH3 is 3. The first-order valence-corrected chi connectivity index (χ1v) is 9.67. The maximum atomic E-state index is 12.8. The van der Waals surface area contributed by atoms with E-state index in [9.17, 15) is 14.4 Å². The van der Waals surface area contributed by atoms with Gasteiger partial charge in [-0.2, -0.15) is 0 Å². The zero-order chi connectivity index (χ0) is 22.8. The molecule has 0 aliphatic carbocycles. The van der Waals surface area contributed by atoms with Crippen molar-refractivity contribution in [3.8, 4) is 17.2 Å². The van der Waals surface area contributed by atoms with Crippen LogP contribution in [0.2, 0.25) is 0 Å². The van der Waals surface area contributed by atoms with Crippen molar-refractivity contribution >= 4 is 29.1 Å².